The first-order chi connectivity index (χ1) is 15.6. The molecule has 0 aromatic heterocycles. The second-order valence-corrected chi connectivity index (χ2v) is 6.38. The highest BCUT2D eigenvalue weighted by atomic mass is 19.4. The summed E-state index contributed by atoms with van der Waals surface area (Å²) >= 11 is 0. The Morgan fingerprint density at radius 3 is 1.35 bits per heavy atom. The molecule has 0 fully saturated rings. The van der Waals surface area contributed by atoms with Crippen LogP contribution in [0.2, 0.25) is 0 Å². The number of benzene rings is 3. The molecule has 0 heterocycles. The van der Waals surface area contributed by atoms with E-state index in [1.54, 1.807) is 0 Å². The number of rotatable bonds is 4. The largest absolute Gasteiger partial charge is 0.450 e. The van der Waals surface area contributed by atoms with E-state index in [2.05, 4.69) is 9.47 Å². The van der Waals surface area contributed by atoms with Gasteiger partial charge in [-0.2, -0.15) is 17.6 Å². The van der Waals surface area contributed by atoms with E-state index in [1.807, 2.05) is 0 Å². The van der Waals surface area contributed by atoms with Crippen LogP contribution in [0.15, 0.2) is 18.2 Å². The SMILES string of the molecule is Nc1c(F)c(F)cc(Oc2c(F)cc(C(F)(F)F)c(Oc3cc(F)c(F)c(N)c3F)c2F)c1F. The van der Waals surface area contributed by atoms with Gasteiger partial charge in [0.25, 0.3) is 0 Å². The molecule has 0 aliphatic carbocycles. The summed E-state index contributed by atoms with van der Waals surface area (Å²) in [6.45, 7) is 0. The van der Waals surface area contributed by atoms with Gasteiger partial charge >= 0.3 is 6.18 Å². The van der Waals surface area contributed by atoms with Gasteiger partial charge in [0.1, 0.15) is 16.9 Å². The maximum Gasteiger partial charge on any atom is 0.420 e. The molecular formula is C19H7F11N2O2. The lowest BCUT2D eigenvalue weighted by Gasteiger charge is -2.18. The summed E-state index contributed by atoms with van der Waals surface area (Å²) in [5.74, 6) is -22.9. The summed E-state index contributed by atoms with van der Waals surface area (Å²) in [6, 6.07) is -0.621. The molecule has 3 rings (SSSR count). The second kappa shape index (κ2) is 8.46. The Labute approximate surface area is 181 Å². The van der Waals surface area contributed by atoms with Crippen LogP contribution in [0.25, 0.3) is 0 Å². The zero-order valence-corrected chi connectivity index (χ0v) is 15.9. The van der Waals surface area contributed by atoms with Crippen molar-refractivity contribution in [1.82, 2.24) is 0 Å². The lowest BCUT2D eigenvalue weighted by molar-refractivity contribution is -0.139. The molecule has 0 radical (unpaired) electrons. The number of hydrogen-bond acceptors (Lipinski definition) is 4. The number of alkyl halides is 3. The zero-order chi connectivity index (χ0) is 25.7. The molecule has 4 nitrogen and oxygen atoms in total. The van der Waals surface area contributed by atoms with E-state index in [-0.39, 0.29) is 12.1 Å². The molecule has 0 saturated heterocycles. The summed E-state index contributed by atoms with van der Waals surface area (Å²) < 4.78 is 160. The monoisotopic (exact) mass is 504 g/mol. The topological polar surface area (TPSA) is 70.5 Å². The Kier molecular flexibility index (Phi) is 6.15. The fraction of sp³-hybridized carbons (Fsp3) is 0.0526. The molecule has 182 valence electrons. The Hall–Kier alpha value is -3.91. The molecule has 0 spiro atoms. The summed E-state index contributed by atoms with van der Waals surface area (Å²) in [4.78, 5) is 0. The van der Waals surface area contributed by atoms with Crippen molar-refractivity contribution >= 4 is 11.4 Å². The van der Waals surface area contributed by atoms with Gasteiger partial charge in [0.2, 0.25) is 11.6 Å². The predicted octanol–water partition coefficient (Wildman–Crippen LogP) is 6.57. The predicted molar refractivity (Wildman–Crippen MR) is 93.0 cm³/mol. The highest BCUT2D eigenvalue weighted by molar-refractivity contribution is 5.54. The van der Waals surface area contributed by atoms with Crippen LogP contribution in [0.4, 0.5) is 59.7 Å². The average Bonchev–Trinajstić information content (AvgIpc) is 2.75. The number of hydrogen-bond donors (Lipinski definition) is 2. The van der Waals surface area contributed by atoms with Gasteiger partial charge in [0.15, 0.2) is 58.0 Å². The number of halogens is 11. The van der Waals surface area contributed by atoms with Crippen molar-refractivity contribution in [3.05, 3.63) is 70.3 Å². The summed E-state index contributed by atoms with van der Waals surface area (Å²) in [5.41, 5.74) is 4.59. The van der Waals surface area contributed by atoms with Crippen LogP contribution in [-0.4, -0.2) is 0 Å². The highest BCUT2D eigenvalue weighted by Gasteiger charge is 2.40. The molecule has 0 amide bonds. The first-order valence-corrected chi connectivity index (χ1v) is 8.45. The van der Waals surface area contributed by atoms with Gasteiger partial charge in [-0.25, -0.2) is 30.7 Å². The molecule has 0 atom stereocenters. The highest BCUT2D eigenvalue weighted by Crippen LogP contribution is 2.46. The van der Waals surface area contributed by atoms with Crippen LogP contribution in [-0.2, 0) is 6.18 Å². The standard InChI is InChI=1S/C19H7F11N2O2/c20-5-2-8(12(25)15(31)10(5)23)33-17-4(19(28,29)30)1-7(22)18(14(17)27)34-9-3-6(21)11(24)16(32)13(9)26/h1-3H,31-32H2. The van der Waals surface area contributed by atoms with Gasteiger partial charge in [-0.15, -0.1) is 0 Å². The van der Waals surface area contributed by atoms with Crippen molar-refractivity contribution < 1.29 is 57.8 Å². The van der Waals surface area contributed by atoms with Crippen LogP contribution < -0.4 is 20.9 Å². The van der Waals surface area contributed by atoms with Crippen molar-refractivity contribution in [2.24, 2.45) is 0 Å². The normalized spacial score (nSPS) is 11.6. The van der Waals surface area contributed by atoms with Gasteiger partial charge in [0.05, 0.1) is 0 Å². The van der Waals surface area contributed by atoms with E-state index in [0.717, 1.165) is 0 Å². The third kappa shape index (κ3) is 4.20. The quantitative estimate of drug-likeness (QED) is 0.240. The summed E-state index contributed by atoms with van der Waals surface area (Å²) in [7, 11) is 0. The maximum absolute atomic E-state index is 14.9. The van der Waals surface area contributed by atoms with E-state index in [1.165, 1.54) is 0 Å². The van der Waals surface area contributed by atoms with Crippen LogP contribution in [0.3, 0.4) is 0 Å². The van der Waals surface area contributed by atoms with Gasteiger partial charge in [-0.1, -0.05) is 0 Å². The smallest absolute Gasteiger partial charge is 0.420 e. The lowest BCUT2D eigenvalue weighted by Crippen LogP contribution is -2.12. The molecule has 3 aromatic rings. The minimum atomic E-state index is -5.58. The van der Waals surface area contributed by atoms with Gasteiger partial charge in [0, 0.05) is 12.1 Å². The number of anilines is 2. The van der Waals surface area contributed by atoms with Crippen LogP contribution in [0.1, 0.15) is 5.56 Å². The minimum absolute atomic E-state index is 0.0617. The van der Waals surface area contributed by atoms with Gasteiger partial charge in [-0.05, 0) is 6.07 Å². The minimum Gasteiger partial charge on any atom is -0.450 e. The third-order valence-corrected chi connectivity index (χ3v) is 4.17. The average molecular weight is 504 g/mol. The second-order valence-electron chi connectivity index (χ2n) is 6.38. The molecule has 34 heavy (non-hydrogen) atoms. The molecule has 0 saturated carbocycles. The van der Waals surface area contributed by atoms with Crippen LogP contribution >= 0.6 is 0 Å². The zero-order valence-electron chi connectivity index (χ0n) is 15.9. The van der Waals surface area contributed by atoms with E-state index in [4.69, 9.17) is 11.5 Å². The Morgan fingerprint density at radius 2 is 0.941 bits per heavy atom. The van der Waals surface area contributed by atoms with Crippen LogP contribution in [0, 0.1) is 46.5 Å². The van der Waals surface area contributed by atoms with E-state index >= 15 is 0 Å². The molecule has 15 heteroatoms. The van der Waals surface area contributed by atoms with E-state index < -0.39 is 98.7 Å². The Morgan fingerprint density at radius 1 is 0.529 bits per heavy atom. The fourth-order valence-corrected chi connectivity index (χ4v) is 2.56. The van der Waals surface area contributed by atoms with Crippen molar-refractivity contribution in [2.45, 2.75) is 6.18 Å². The third-order valence-electron chi connectivity index (χ3n) is 4.17. The van der Waals surface area contributed by atoms with Crippen molar-refractivity contribution in [3.8, 4) is 23.0 Å². The number of nitrogen functional groups attached to an aromatic ring is 2. The van der Waals surface area contributed by atoms with Crippen molar-refractivity contribution in [2.75, 3.05) is 11.5 Å². The first-order valence-electron chi connectivity index (χ1n) is 8.45. The van der Waals surface area contributed by atoms with Crippen LogP contribution in [0.5, 0.6) is 23.0 Å². The molecule has 3 aromatic carbocycles. The number of nitrogens with two attached hydrogens (primary N) is 2. The molecule has 0 aliphatic heterocycles. The van der Waals surface area contributed by atoms with E-state index in [9.17, 15) is 48.3 Å². The Balaban J connectivity index is 2.22. The van der Waals surface area contributed by atoms with Crippen molar-refractivity contribution in [1.29, 1.82) is 0 Å². The van der Waals surface area contributed by atoms with Gasteiger partial charge in [-0.3, -0.25) is 0 Å². The summed E-state index contributed by atoms with van der Waals surface area (Å²) in [6.07, 6.45) is -5.58. The van der Waals surface area contributed by atoms with Gasteiger partial charge < -0.3 is 20.9 Å². The first kappa shape index (κ1) is 24.7. The molecule has 0 bridgehead atoms. The number of ether oxygens (including phenoxy) is 2. The molecule has 0 aliphatic rings. The molecular weight excluding hydrogens is 497 g/mol. The fourth-order valence-electron chi connectivity index (χ4n) is 2.56. The molecule has 4 N–H and O–H groups in total. The lowest BCUT2D eigenvalue weighted by atomic mass is 10.1. The maximum atomic E-state index is 14.9. The van der Waals surface area contributed by atoms with Crippen molar-refractivity contribution in [3.63, 3.8) is 0 Å². The Bertz CT molecular complexity index is 1310. The van der Waals surface area contributed by atoms with E-state index in [0.29, 0.717) is 0 Å². The summed E-state index contributed by atoms with van der Waals surface area (Å²) in [5, 5.41) is 0. The molecule has 0 unspecified atom stereocenters.